The Morgan fingerprint density at radius 2 is 1.86 bits per heavy atom. The molecule has 0 spiro atoms. The minimum absolute atomic E-state index is 0.179. The standard InChI is InChI=1S/C18H17FN2/c19-15-5-3-13(4-6-15)18(12-1-2-12)21-16-7-8-17-14(11-16)9-10-20-17/h3-12,18,20-21H,1-2H2. The van der Waals surface area contributed by atoms with Gasteiger partial charge < -0.3 is 10.3 Å². The third-order valence-electron chi connectivity index (χ3n) is 4.20. The molecule has 2 N–H and O–H groups in total. The van der Waals surface area contributed by atoms with Crippen molar-refractivity contribution in [3.8, 4) is 0 Å². The van der Waals surface area contributed by atoms with E-state index in [1.54, 1.807) is 12.1 Å². The van der Waals surface area contributed by atoms with Gasteiger partial charge in [-0.2, -0.15) is 0 Å². The zero-order valence-corrected chi connectivity index (χ0v) is 11.6. The number of aromatic nitrogens is 1. The Morgan fingerprint density at radius 3 is 2.62 bits per heavy atom. The van der Waals surface area contributed by atoms with Gasteiger partial charge >= 0.3 is 0 Å². The summed E-state index contributed by atoms with van der Waals surface area (Å²) >= 11 is 0. The largest absolute Gasteiger partial charge is 0.378 e. The van der Waals surface area contributed by atoms with Crippen molar-refractivity contribution < 1.29 is 4.39 Å². The minimum atomic E-state index is -0.179. The third-order valence-corrected chi connectivity index (χ3v) is 4.20. The minimum Gasteiger partial charge on any atom is -0.378 e. The van der Waals surface area contributed by atoms with Gasteiger partial charge in [-0.3, -0.25) is 0 Å². The van der Waals surface area contributed by atoms with E-state index in [1.807, 2.05) is 18.3 Å². The van der Waals surface area contributed by atoms with Gasteiger partial charge in [-0.25, -0.2) is 4.39 Å². The topological polar surface area (TPSA) is 27.8 Å². The smallest absolute Gasteiger partial charge is 0.123 e. The maximum Gasteiger partial charge on any atom is 0.123 e. The van der Waals surface area contributed by atoms with Crippen LogP contribution in [0.2, 0.25) is 0 Å². The number of halogens is 1. The number of anilines is 1. The molecular formula is C18H17FN2. The van der Waals surface area contributed by atoms with Gasteiger partial charge in [0.15, 0.2) is 0 Å². The van der Waals surface area contributed by atoms with Gasteiger partial charge in [-0.1, -0.05) is 12.1 Å². The SMILES string of the molecule is Fc1ccc(C(Nc2ccc3[nH]ccc3c2)C2CC2)cc1. The molecule has 1 saturated carbocycles. The average molecular weight is 280 g/mol. The first-order valence-corrected chi connectivity index (χ1v) is 7.39. The molecule has 0 radical (unpaired) electrons. The summed E-state index contributed by atoms with van der Waals surface area (Å²) in [4.78, 5) is 3.20. The first kappa shape index (κ1) is 12.5. The van der Waals surface area contributed by atoms with Crippen LogP contribution in [0.15, 0.2) is 54.7 Å². The molecule has 3 aromatic rings. The Morgan fingerprint density at radius 1 is 1.05 bits per heavy atom. The summed E-state index contributed by atoms with van der Waals surface area (Å²) in [6.07, 6.45) is 4.43. The van der Waals surface area contributed by atoms with Crippen molar-refractivity contribution >= 4 is 16.6 Å². The van der Waals surface area contributed by atoms with Crippen LogP contribution in [0.3, 0.4) is 0 Å². The van der Waals surface area contributed by atoms with Crippen molar-refractivity contribution in [3.05, 3.63) is 66.1 Å². The monoisotopic (exact) mass is 280 g/mol. The molecule has 21 heavy (non-hydrogen) atoms. The molecule has 0 amide bonds. The van der Waals surface area contributed by atoms with Gasteiger partial charge in [-0.15, -0.1) is 0 Å². The molecule has 1 aliphatic carbocycles. The van der Waals surface area contributed by atoms with E-state index < -0.39 is 0 Å². The van der Waals surface area contributed by atoms with E-state index in [0.717, 1.165) is 16.8 Å². The van der Waals surface area contributed by atoms with Gasteiger partial charge in [0.25, 0.3) is 0 Å². The molecule has 0 bridgehead atoms. The fourth-order valence-corrected chi connectivity index (χ4v) is 2.90. The lowest BCUT2D eigenvalue weighted by Gasteiger charge is -2.20. The van der Waals surface area contributed by atoms with Gasteiger partial charge in [0.2, 0.25) is 0 Å². The van der Waals surface area contributed by atoms with Crippen LogP contribution in [0.4, 0.5) is 10.1 Å². The second kappa shape index (κ2) is 4.92. The molecular weight excluding hydrogens is 263 g/mol. The quantitative estimate of drug-likeness (QED) is 0.701. The Labute approximate surface area is 123 Å². The highest BCUT2D eigenvalue weighted by Gasteiger charge is 2.32. The molecule has 4 rings (SSSR count). The fraction of sp³-hybridized carbons (Fsp3) is 0.222. The predicted octanol–water partition coefficient (Wildman–Crippen LogP) is 4.87. The van der Waals surface area contributed by atoms with Crippen LogP contribution in [0, 0.1) is 11.7 Å². The molecule has 0 aliphatic heterocycles. The van der Waals surface area contributed by atoms with Gasteiger partial charge in [0, 0.05) is 22.8 Å². The van der Waals surface area contributed by atoms with Crippen LogP contribution in [0.25, 0.3) is 10.9 Å². The van der Waals surface area contributed by atoms with Crippen molar-refractivity contribution in [3.63, 3.8) is 0 Å². The van der Waals surface area contributed by atoms with E-state index in [1.165, 1.54) is 18.2 Å². The Hall–Kier alpha value is -2.29. The summed E-state index contributed by atoms with van der Waals surface area (Å²) in [5.41, 5.74) is 3.42. The molecule has 1 unspecified atom stereocenters. The highest BCUT2D eigenvalue weighted by atomic mass is 19.1. The molecule has 2 nitrogen and oxygen atoms in total. The summed E-state index contributed by atoms with van der Waals surface area (Å²) in [7, 11) is 0. The van der Waals surface area contributed by atoms with Crippen LogP contribution in [-0.2, 0) is 0 Å². The second-order valence-corrected chi connectivity index (χ2v) is 5.79. The molecule has 1 aliphatic rings. The zero-order valence-electron chi connectivity index (χ0n) is 11.6. The van der Waals surface area contributed by atoms with Crippen LogP contribution < -0.4 is 5.32 Å². The van der Waals surface area contributed by atoms with E-state index in [-0.39, 0.29) is 11.9 Å². The lowest BCUT2D eigenvalue weighted by atomic mass is 10.0. The third kappa shape index (κ3) is 2.51. The van der Waals surface area contributed by atoms with Crippen molar-refractivity contribution in [2.24, 2.45) is 5.92 Å². The van der Waals surface area contributed by atoms with Crippen LogP contribution >= 0.6 is 0 Å². The molecule has 1 atom stereocenters. The maximum atomic E-state index is 13.1. The van der Waals surface area contributed by atoms with E-state index in [9.17, 15) is 4.39 Å². The Bertz CT molecular complexity index is 756. The van der Waals surface area contributed by atoms with Crippen molar-refractivity contribution in [1.29, 1.82) is 0 Å². The van der Waals surface area contributed by atoms with Crippen molar-refractivity contribution in [1.82, 2.24) is 4.98 Å². The van der Waals surface area contributed by atoms with E-state index >= 15 is 0 Å². The van der Waals surface area contributed by atoms with E-state index in [4.69, 9.17) is 0 Å². The number of aromatic amines is 1. The normalized spacial score (nSPS) is 16.0. The number of benzene rings is 2. The molecule has 1 fully saturated rings. The summed E-state index contributed by atoms with van der Waals surface area (Å²) < 4.78 is 13.1. The van der Waals surface area contributed by atoms with Crippen molar-refractivity contribution in [2.45, 2.75) is 18.9 Å². The molecule has 1 aromatic heterocycles. The fourth-order valence-electron chi connectivity index (χ4n) is 2.90. The molecule has 0 saturated heterocycles. The second-order valence-electron chi connectivity index (χ2n) is 5.79. The maximum absolute atomic E-state index is 13.1. The van der Waals surface area contributed by atoms with E-state index in [0.29, 0.717) is 5.92 Å². The number of hydrogen-bond donors (Lipinski definition) is 2. The molecule has 1 heterocycles. The zero-order chi connectivity index (χ0) is 14.2. The predicted molar refractivity (Wildman–Crippen MR) is 83.8 cm³/mol. The van der Waals surface area contributed by atoms with Gasteiger partial charge in [0.1, 0.15) is 5.82 Å². The van der Waals surface area contributed by atoms with Crippen molar-refractivity contribution in [2.75, 3.05) is 5.32 Å². The van der Waals surface area contributed by atoms with Crippen LogP contribution in [0.1, 0.15) is 24.4 Å². The van der Waals surface area contributed by atoms with Crippen LogP contribution in [0.5, 0.6) is 0 Å². The summed E-state index contributed by atoms with van der Waals surface area (Å²) in [6, 6.07) is 15.5. The number of H-pyrrole nitrogens is 1. The van der Waals surface area contributed by atoms with E-state index in [2.05, 4.69) is 34.6 Å². The number of rotatable bonds is 4. The lowest BCUT2D eigenvalue weighted by molar-refractivity contribution is 0.622. The Kier molecular flexibility index (Phi) is 2.92. The van der Waals surface area contributed by atoms with Gasteiger partial charge in [0.05, 0.1) is 6.04 Å². The average Bonchev–Trinajstić information content (AvgIpc) is 3.23. The highest BCUT2D eigenvalue weighted by molar-refractivity contribution is 5.83. The lowest BCUT2D eigenvalue weighted by Crippen LogP contribution is -2.12. The Balaban J connectivity index is 1.63. The number of hydrogen-bond acceptors (Lipinski definition) is 1. The number of fused-ring (bicyclic) bond motifs is 1. The highest BCUT2D eigenvalue weighted by Crippen LogP contribution is 2.43. The first-order chi connectivity index (χ1) is 10.3. The number of nitrogens with one attached hydrogen (secondary N) is 2. The molecule has 2 aromatic carbocycles. The van der Waals surface area contributed by atoms with Gasteiger partial charge in [-0.05, 0) is 60.7 Å². The van der Waals surface area contributed by atoms with Crippen LogP contribution in [-0.4, -0.2) is 4.98 Å². The molecule has 3 heteroatoms. The summed E-state index contributed by atoms with van der Waals surface area (Å²) in [6.45, 7) is 0. The summed E-state index contributed by atoms with van der Waals surface area (Å²) in [5, 5.41) is 4.82. The molecule has 106 valence electrons. The first-order valence-electron chi connectivity index (χ1n) is 7.39. The summed E-state index contributed by atoms with van der Waals surface area (Å²) in [5.74, 6) is 0.472.